The third-order valence-corrected chi connectivity index (χ3v) is 2.64. The van der Waals surface area contributed by atoms with E-state index in [4.69, 9.17) is 16.2 Å². The maximum Gasteiger partial charge on any atom is 0.248 e. The van der Waals surface area contributed by atoms with Crippen LogP contribution in [-0.2, 0) is 0 Å². The summed E-state index contributed by atoms with van der Waals surface area (Å²) in [6.07, 6.45) is 3.66. The molecule has 4 heteroatoms. The van der Waals surface area contributed by atoms with Crippen LogP contribution in [0.5, 0.6) is 5.75 Å². The van der Waals surface area contributed by atoms with E-state index in [0.29, 0.717) is 17.0 Å². The Morgan fingerprint density at radius 2 is 2.13 bits per heavy atom. The van der Waals surface area contributed by atoms with Gasteiger partial charge in [-0.25, -0.2) is 0 Å². The molecule has 1 amide bonds. The summed E-state index contributed by atoms with van der Waals surface area (Å²) in [4.78, 5) is 10.9. The lowest BCUT2D eigenvalue weighted by Crippen LogP contribution is -2.25. The van der Waals surface area contributed by atoms with Crippen molar-refractivity contribution in [1.82, 2.24) is 0 Å². The molecular formula is C11H14N2O2. The molecule has 0 aromatic heterocycles. The number of benzene rings is 1. The minimum absolute atomic E-state index is 0.284. The smallest absolute Gasteiger partial charge is 0.248 e. The summed E-state index contributed by atoms with van der Waals surface area (Å²) in [5.74, 6) is 0.168. The van der Waals surface area contributed by atoms with E-state index < -0.39 is 5.91 Å². The highest BCUT2D eigenvalue weighted by Gasteiger charge is 2.20. The van der Waals surface area contributed by atoms with Gasteiger partial charge in [-0.1, -0.05) is 0 Å². The van der Waals surface area contributed by atoms with Crippen LogP contribution in [0.25, 0.3) is 0 Å². The molecule has 1 fully saturated rings. The Balaban J connectivity index is 2.14. The number of nitrogen functional groups attached to an aromatic ring is 1. The van der Waals surface area contributed by atoms with Gasteiger partial charge in [-0.3, -0.25) is 4.79 Å². The number of nitrogens with two attached hydrogens (primary N) is 2. The minimum atomic E-state index is -0.475. The molecule has 0 bridgehead atoms. The fourth-order valence-corrected chi connectivity index (χ4v) is 1.48. The summed E-state index contributed by atoms with van der Waals surface area (Å²) in [5.41, 5.74) is 11.8. The summed E-state index contributed by atoms with van der Waals surface area (Å²) >= 11 is 0. The second-order valence-corrected chi connectivity index (χ2v) is 3.79. The molecule has 0 aliphatic heterocycles. The molecule has 1 aliphatic carbocycles. The van der Waals surface area contributed by atoms with Crippen molar-refractivity contribution >= 4 is 11.6 Å². The normalized spacial score (nSPS) is 15.7. The molecule has 1 aromatic carbocycles. The first-order chi connectivity index (χ1) is 7.16. The van der Waals surface area contributed by atoms with Gasteiger partial charge in [0.15, 0.2) is 0 Å². The molecule has 1 aliphatic rings. The van der Waals surface area contributed by atoms with Crippen molar-refractivity contribution in [2.45, 2.75) is 25.4 Å². The van der Waals surface area contributed by atoms with Crippen molar-refractivity contribution in [2.75, 3.05) is 5.73 Å². The van der Waals surface area contributed by atoms with E-state index in [1.54, 1.807) is 18.2 Å². The topological polar surface area (TPSA) is 78.3 Å². The lowest BCUT2D eigenvalue weighted by molar-refractivity contribution is 0.1000. The fraction of sp³-hybridized carbons (Fsp3) is 0.364. The lowest BCUT2D eigenvalue weighted by atomic mass is 9.96. The zero-order valence-corrected chi connectivity index (χ0v) is 8.40. The van der Waals surface area contributed by atoms with Crippen LogP contribution < -0.4 is 16.2 Å². The van der Waals surface area contributed by atoms with Crippen molar-refractivity contribution < 1.29 is 9.53 Å². The summed E-state index contributed by atoms with van der Waals surface area (Å²) < 4.78 is 5.64. The molecule has 0 unspecified atom stereocenters. The van der Waals surface area contributed by atoms with Gasteiger partial charge in [0.25, 0.3) is 0 Å². The Hall–Kier alpha value is -1.71. The molecule has 0 atom stereocenters. The van der Waals surface area contributed by atoms with Crippen molar-refractivity contribution in [1.29, 1.82) is 0 Å². The summed E-state index contributed by atoms with van der Waals surface area (Å²) in [6, 6.07) is 4.89. The number of hydrogen-bond acceptors (Lipinski definition) is 3. The number of hydrogen-bond donors (Lipinski definition) is 2. The predicted molar refractivity (Wildman–Crippen MR) is 57.6 cm³/mol. The van der Waals surface area contributed by atoms with Crippen molar-refractivity contribution in [2.24, 2.45) is 5.73 Å². The zero-order valence-electron chi connectivity index (χ0n) is 8.40. The molecule has 4 N–H and O–H groups in total. The first kappa shape index (κ1) is 9.83. The van der Waals surface area contributed by atoms with Crippen LogP contribution >= 0.6 is 0 Å². The maximum atomic E-state index is 10.9. The lowest BCUT2D eigenvalue weighted by Gasteiger charge is -2.27. The number of carbonyl (C=O) groups is 1. The molecule has 1 saturated carbocycles. The van der Waals surface area contributed by atoms with E-state index in [1.165, 1.54) is 6.42 Å². The minimum Gasteiger partial charge on any atom is -0.488 e. The number of rotatable bonds is 3. The van der Waals surface area contributed by atoms with E-state index >= 15 is 0 Å². The van der Waals surface area contributed by atoms with Crippen LogP contribution in [0.1, 0.15) is 29.6 Å². The van der Waals surface area contributed by atoms with Crippen LogP contribution in [0, 0.1) is 0 Å². The van der Waals surface area contributed by atoms with Crippen molar-refractivity contribution in [3.63, 3.8) is 0 Å². The van der Waals surface area contributed by atoms with Gasteiger partial charge >= 0.3 is 0 Å². The highest BCUT2D eigenvalue weighted by Crippen LogP contribution is 2.29. The van der Waals surface area contributed by atoms with E-state index in [9.17, 15) is 4.79 Å². The Morgan fingerprint density at radius 1 is 1.40 bits per heavy atom. The molecular weight excluding hydrogens is 192 g/mol. The van der Waals surface area contributed by atoms with E-state index in [1.807, 2.05) is 0 Å². The number of ether oxygens (including phenoxy) is 1. The van der Waals surface area contributed by atoms with Gasteiger partial charge in [0.2, 0.25) is 5.91 Å². The molecule has 15 heavy (non-hydrogen) atoms. The third kappa shape index (κ3) is 2.03. The van der Waals surface area contributed by atoms with Gasteiger partial charge in [0, 0.05) is 5.56 Å². The Labute approximate surface area is 88.2 Å². The van der Waals surface area contributed by atoms with Crippen molar-refractivity contribution in [3.05, 3.63) is 23.8 Å². The second-order valence-electron chi connectivity index (χ2n) is 3.79. The first-order valence-electron chi connectivity index (χ1n) is 5.03. The Kier molecular flexibility index (Phi) is 2.49. The van der Waals surface area contributed by atoms with Crippen LogP contribution in [0.3, 0.4) is 0 Å². The summed E-state index contributed by atoms with van der Waals surface area (Å²) in [5, 5.41) is 0. The quantitative estimate of drug-likeness (QED) is 0.731. The second kappa shape index (κ2) is 3.81. The molecule has 0 saturated heterocycles. The van der Waals surface area contributed by atoms with Crippen LogP contribution in [0.2, 0.25) is 0 Å². The number of amides is 1. The zero-order chi connectivity index (χ0) is 10.8. The summed E-state index contributed by atoms with van der Waals surface area (Å²) in [7, 11) is 0. The SMILES string of the molecule is NC(=O)c1ccc(OC2CCC2)c(N)c1. The van der Waals surface area contributed by atoms with Crippen LogP contribution in [-0.4, -0.2) is 12.0 Å². The van der Waals surface area contributed by atoms with E-state index in [0.717, 1.165) is 12.8 Å². The van der Waals surface area contributed by atoms with Gasteiger partial charge in [-0.05, 0) is 37.5 Å². The number of anilines is 1. The van der Waals surface area contributed by atoms with Gasteiger partial charge in [0.1, 0.15) is 5.75 Å². The van der Waals surface area contributed by atoms with Gasteiger partial charge in [0.05, 0.1) is 11.8 Å². The average Bonchev–Trinajstić information content (AvgIpc) is 2.12. The van der Waals surface area contributed by atoms with Crippen LogP contribution in [0.15, 0.2) is 18.2 Å². The number of primary amides is 1. The predicted octanol–water partition coefficient (Wildman–Crippen LogP) is 1.30. The molecule has 0 heterocycles. The largest absolute Gasteiger partial charge is 0.488 e. The fourth-order valence-electron chi connectivity index (χ4n) is 1.48. The van der Waals surface area contributed by atoms with E-state index in [-0.39, 0.29) is 6.10 Å². The van der Waals surface area contributed by atoms with Crippen molar-refractivity contribution in [3.8, 4) is 5.75 Å². The molecule has 0 spiro atoms. The molecule has 80 valence electrons. The van der Waals surface area contributed by atoms with Gasteiger partial charge in [-0.2, -0.15) is 0 Å². The summed E-state index contributed by atoms with van der Waals surface area (Å²) in [6.45, 7) is 0. The maximum absolute atomic E-state index is 10.9. The monoisotopic (exact) mass is 206 g/mol. The standard InChI is InChI=1S/C11H14N2O2/c12-9-6-7(11(13)14)4-5-10(9)15-8-2-1-3-8/h4-6,8H,1-3,12H2,(H2,13,14). The average molecular weight is 206 g/mol. The number of carbonyl (C=O) groups excluding carboxylic acids is 1. The highest BCUT2D eigenvalue weighted by atomic mass is 16.5. The Bertz CT molecular complexity index is 386. The molecule has 0 radical (unpaired) electrons. The Morgan fingerprint density at radius 3 is 2.60 bits per heavy atom. The van der Waals surface area contributed by atoms with Gasteiger partial charge < -0.3 is 16.2 Å². The molecule has 2 rings (SSSR count). The molecule has 4 nitrogen and oxygen atoms in total. The van der Waals surface area contributed by atoms with E-state index in [2.05, 4.69) is 0 Å². The third-order valence-electron chi connectivity index (χ3n) is 2.64. The molecule has 1 aromatic rings. The first-order valence-corrected chi connectivity index (χ1v) is 5.03. The van der Waals surface area contributed by atoms with Gasteiger partial charge in [-0.15, -0.1) is 0 Å². The highest BCUT2D eigenvalue weighted by molar-refractivity contribution is 5.94. The van der Waals surface area contributed by atoms with Crippen LogP contribution in [0.4, 0.5) is 5.69 Å².